The average molecular weight is 202 g/mol. The number of hydrogen-bond donors (Lipinski definition) is 3. The summed E-state index contributed by atoms with van der Waals surface area (Å²) < 4.78 is 20.4. The molecule has 11 heavy (non-hydrogen) atoms. The Kier molecular flexibility index (Phi) is 5.23. The highest BCUT2D eigenvalue weighted by Crippen LogP contribution is 2.35. The van der Waals surface area contributed by atoms with E-state index in [9.17, 15) is 9.13 Å². The molecule has 68 valence electrons. The van der Waals surface area contributed by atoms with Crippen molar-refractivity contribution in [3.8, 4) is 0 Å². The molecule has 1 atom stereocenters. The van der Waals surface area contributed by atoms with Crippen LogP contribution < -0.4 is 0 Å². The molecule has 7 heteroatoms. The first-order valence-electron chi connectivity index (χ1n) is 3.18. The summed E-state index contributed by atoms with van der Waals surface area (Å²) in [4.78, 5) is 25.1. The molecule has 0 saturated carbocycles. The molecule has 3 N–H and O–H groups in total. The number of rotatable bonds is 5. The predicted octanol–water partition coefficient (Wildman–Crippen LogP) is 0.411. The van der Waals surface area contributed by atoms with Gasteiger partial charge in [0.2, 0.25) is 0 Å². The summed E-state index contributed by atoms with van der Waals surface area (Å²) in [5, 5.41) is 0. The molecule has 0 saturated heterocycles. The van der Waals surface area contributed by atoms with Crippen LogP contribution in [0, 0.1) is 0 Å². The van der Waals surface area contributed by atoms with Gasteiger partial charge in [-0.3, -0.25) is 9.13 Å². The van der Waals surface area contributed by atoms with Gasteiger partial charge in [-0.25, -0.2) is 0 Å². The van der Waals surface area contributed by atoms with E-state index < -0.39 is 15.6 Å². The minimum Gasteiger partial charge on any atom is -0.346 e. The first-order chi connectivity index (χ1) is 4.92. The van der Waals surface area contributed by atoms with E-state index in [1.165, 1.54) is 0 Å². The molecular formula is C4H12O5P2. The summed E-state index contributed by atoms with van der Waals surface area (Å²) in [6.45, 7) is 0. The highest BCUT2D eigenvalue weighted by molar-refractivity contribution is 7.51. The van der Waals surface area contributed by atoms with E-state index in [-0.39, 0.29) is 12.3 Å². The zero-order chi connectivity index (χ0) is 8.91. The second-order valence-corrected chi connectivity index (χ2v) is 5.30. The van der Waals surface area contributed by atoms with Gasteiger partial charge in [0.05, 0.1) is 0 Å². The Morgan fingerprint density at radius 2 is 1.82 bits per heavy atom. The molecule has 0 aliphatic carbocycles. The van der Waals surface area contributed by atoms with E-state index in [1.807, 2.05) is 0 Å². The molecule has 5 nitrogen and oxygen atoms in total. The van der Waals surface area contributed by atoms with Crippen LogP contribution in [0.4, 0.5) is 0 Å². The molecule has 0 aliphatic rings. The molecule has 0 rings (SSSR count). The van der Waals surface area contributed by atoms with Gasteiger partial charge in [0.1, 0.15) is 0 Å². The van der Waals surface area contributed by atoms with E-state index >= 15 is 0 Å². The maximum absolute atomic E-state index is 10.2. The van der Waals surface area contributed by atoms with Crippen LogP contribution in [0.25, 0.3) is 0 Å². The van der Waals surface area contributed by atoms with Crippen LogP contribution in [0.1, 0.15) is 12.8 Å². The van der Waals surface area contributed by atoms with E-state index in [2.05, 4.69) is 0 Å². The van der Waals surface area contributed by atoms with Gasteiger partial charge < -0.3 is 14.7 Å². The minimum atomic E-state index is -3.90. The fourth-order valence-corrected chi connectivity index (χ4v) is 1.78. The maximum Gasteiger partial charge on any atom is 0.325 e. The van der Waals surface area contributed by atoms with Gasteiger partial charge in [0.25, 0.3) is 0 Å². The Bertz CT molecular complexity index is 173. The standard InChI is InChI=1S/C4H12O5P2/c5-10(6)3-1-2-4-11(7,8)9/h10H,1-4H2,(H,5,6)(H2,7,8,9). The summed E-state index contributed by atoms with van der Waals surface area (Å²) in [5.74, 6) is 0. The molecule has 0 aromatic carbocycles. The third kappa shape index (κ3) is 10.3. The minimum absolute atomic E-state index is 0.157. The van der Waals surface area contributed by atoms with Gasteiger partial charge in [0, 0.05) is 12.3 Å². The van der Waals surface area contributed by atoms with Gasteiger partial charge >= 0.3 is 7.60 Å². The fourth-order valence-electron chi connectivity index (χ4n) is 0.594. The molecule has 0 bridgehead atoms. The van der Waals surface area contributed by atoms with E-state index in [1.54, 1.807) is 0 Å². The van der Waals surface area contributed by atoms with Crippen molar-refractivity contribution in [2.45, 2.75) is 12.8 Å². The van der Waals surface area contributed by atoms with Crippen LogP contribution in [0.15, 0.2) is 0 Å². The summed E-state index contributed by atoms with van der Waals surface area (Å²) in [6.07, 6.45) is 0.674. The van der Waals surface area contributed by atoms with Crippen molar-refractivity contribution in [2.75, 3.05) is 12.3 Å². The summed E-state index contributed by atoms with van der Waals surface area (Å²) in [5.41, 5.74) is 0. The zero-order valence-electron chi connectivity index (χ0n) is 5.93. The lowest BCUT2D eigenvalue weighted by Gasteiger charge is -2.01. The molecule has 0 amide bonds. The Morgan fingerprint density at radius 3 is 2.18 bits per heavy atom. The summed E-state index contributed by atoms with van der Waals surface area (Å²) >= 11 is 0. The second-order valence-electron chi connectivity index (χ2n) is 2.24. The highest BCUT2D eigenvalue weighted by Gasteiger charge is 2.11. The van der Waals surface area contributed by atoms with Gasteiger partial charge in [-0.1, -0.05) is 0 Å². The lowest BCUT2D eigenvalue weighted by molar-refractivity contribution is 0.371. The van der Waals surface area contributed by atoms with Gasteiger partial charge in [0.15, 0.2) is 8.03 Å². The summed E-state index contributed by atoms with van der Waals surface area (Å²) in [6, 6.07) is 0. The molecule has 0 aromatic rings. The highest BCUT2D eigenvalue weighted by atomic mass is 31.2. The van der Waals surface area contributed by atoms with Crippen LogP contribution >= 0.6 is 15.6 Å². The SMILES string of the molecule is O=[PH](O)CCCCP(=O)(O)O. The monoisotopic (exact) mass is 202 g/mol. The van der Waals surface area contributed by atoms with Crippen LogP contribution in [-0.4, -0.2) is 27.0 Å². The Hall–Kier alpha value is 0.340. The Balaban J connectivity index is 3.29. The van der Waals surface area contributed by atoms with E-state index in [0.29, 0.717) is 12.8 Å². The van der Waals surface area contributed by atoms with Crippen molar-refractivity contribution in [1.82, 2.24) is 0 Å². The molecule has 0 aromatic heterocycles. The Morgan fingerprint density at radius 1 is 1.27 bits per heavy atom. The third-order valence-electron chi connectivity index (χ3n) is 1.09. The van der Waals surface area contributed by atoms with Crippen molar-refractivity contribution < 1.29 is 23.8 Å². The van der Waals surface area contributed by atoms with Crippen molar-refractivity contribution in [1.29, 1.82) is 0 Å². The lowest BCUT2D eigenvalue weighted by Crippen LogP contribution is -1.89. The largest absolute Gasteiger partial charge is 0.346 e. The lowest BCUT2D eigenvalue weighted by atomic mass is 10.4. The maximum atomic E-state index is 10.2. The topological polar surface area (TPSA) is 94.8 Å². The normalized spacial score (nSPS) is 14.8. The van der Waals surface area contributed by atoms with Crippen LogP contribution in [-0.2, 0) is 9.13 Å². The molecule has 0 spiro atoms. The van der Waals surface area contributed by atoms with Crippen molar-refractivity contribution in [2.24, 2.45) is 0 Å². The van der Waals surface area contributed by atoms with E-state index in [4.69, 9.17) is 14.7 Å². The first-order valence-corrected chi connectivity index (χ1v) is 6.54. The van der Waals surface area contributed by atoms with Gasteiger partial charge in [-0.2, -0.15) is 0 Å². The van der Waals surface area contributed by atoms with Crippen molar-refractivity contribution in [3.05, 3.63) is 0 Å². The molecule has 0 fully saturated rings. The van der Waals surface area contributed by atoms with E-state index in [0.717, 1.165) is 0 Å². The summed E-state index contributed by atoms with van der Waals surface area (Å²) in [7, 11) is -6.35. The number of hydrogen-bond acceptors (Lipinski definition) is 2. The van der Waals surface area contributed by atoms with Crippen molar-refractivity contribution in [3.63, 3.8) is 0 Å². The smallest absolute Gasteiger partial charge is 0.325 e. The van der Waals surface area contributed by atoms with Gasteiger partial charge in [-0.15, -0.1) is 0 Å². The Labute approximate surface area is 65.5 Å². The fraction of sp³-hybridized carbons (Fsp3) is 1.00. The number of unbranched alkanes of at least 4 members (excludes halogenated alkanes) is 1. The van der Waals surface area contributed by atoms with Crippen molar-refractivity contribution >= 4 is 15.6 Å². The second kappa shape index (κ2) is 5.07. The molecule has 0 heterocycles. The van der Waals surface area contributed by atoms with Crippen LogP contribution in [0.5, 0.6) is 0 Å². The molecule has 1 unspecified atom stereocenters. The molecule has 0 radical (unpaired) electrons. The van der Waals surface area contributed by atoms with Crippen LogP contribution in [0.3, 0.4) is 0 Å². The van der Waals surface area contributed by atoms with Gasteiger partial charge in [-0.05, 0) is 12.8 Å². The third-order valence-corrected chi connectivity index (χ3v) is 2.77. The molecule has 0 aliphatic heterocycles. The zero-order valence-corrected chi connectivity index (χ0v) is 7.83. The quantitative estimate of drug-likeness (QED) is 0.443. The molecular weight excluding hydrogens is 190 g/mol. The predicted molar refractivity (Wildman–Crippen MR) is 42.2 cm³/mol. The van der Waals surface area contributed by atoms with Crippen LogP contribution in [0.2, 0.25) is 0 Å². The average Bonchev–Trinajstić information content (AvgIpc) is 1.78. The first kappa shape index (κ1) is 11.3.